The lowest BCUT2D eigenvalue weighted by Gasteiger charge is -2.33. The second-order valence-electron chi connectivity index (χ2n) is 7.43. The topological polar surface area (TPSA) is 79.0 Å². The van der Waals surface area contributed by atoms with E-state index in [-0.39, 0.29) is 36.3 Å². The van der Waals surface area contributed by atoms with Crippen molar-refractivity contribution in [3.63, 3.8) is 0 Å². The molecule has 1 aliphatic rings. The Morgan fingerprint density at radius 1 is 0.970 bits per heavy atom. The average Bonchev–Trinajstić information content (AvgIpc) is 2.75. The third-order valence-electron chi connectivity index (χ3n) is 5.04. The molecule has 0 unspecified atom stereocenters. The van der Waals surface area contributed by atoms with Gasteiger partial charge in [0, 0.05) is 32.7 Å². The average molecular weight is 489 g/mol. The summed E-state index contributed by atoms with van der Waals surface area (Å²) in [5.74, 6) is -1.03. The van der Waals surface area contributed by atoms with Crippen molar-refractivity contribution in [2.75, 3.05) is 39.3 Å². The van der Waals surface area contributed by atoms with E-state index in [9.17, 15) is 30.8 Å². The second kappa shape index (κ2) is 10.5. The Kier molecular flexibility index (Phi) is 7.92. The summed E-state index contributed by atoms with van der Waals surface area (Å²) in [6, 6.07) is 10.1. The molecule has 0 saturated carbocycles. The van der Waals surface area contributed by atoms with E-state index in [1.54, 1.807) is 12.1 Å². The van der Waals surface area contributed by atoms with Gasteiger partial charge < -0.3 is 10.1 Å². The fourth-order valence-electron chi connectivity index (χ4n) is 3.35. The SMILES string of the molecule is O=C(CN1CCN(S(=O)(=O)c2ccc(OC(F)(F)F)cc2)CC1)NCCc1ccc(F)cc1. The molecule has 2 aromatic rings. The van der Waals surface area contributed by atoms with Crippen LogP contribution in [0.4, 0.5) is 17.6 Å². The molecule has 12 heteroatoms. The zero-order valence-electron chi connectivity index (χ0n) is 17.5. The van der Waals surface area contributed by atoms with Crippen LogP contribution in [-0.2, 0) is 21.2 Å². The van der Waals surface area contributed by atoms with Gasteiger partial charge in [0.2, 0.25) is 15.9 Å². The van der Waals surface area contributed by atoms with Crippen molar-refractivity contribution in [1.29, 1.82) is 0 Å². The standard InChI is InChI=1S/C21H23F4N3O4S/c22-17-3-1-16(2-4-17)9-10-26-20(29)15-27-11-13-28(14-12-27)33(30,31)19-7-5-18(6-8-19)32-21(23,24)25/h1-8H,9-15H2,(H,26,29). The molecule has 0 aromatic heterocycles. The van der Waals surface area contributed by atoms with Crippen LogP contribution in [-0.4, -0.2) is 69.2 Å². The molecule has 0 radical (unpaired) electrons. The van der Waals surface area contributed by atoms with Crippen LogP contribution in [0.15, 0.2) is 53.4 Å². The number of piperazine rings is 1. The van der Waals surface area contributed by atoms with Crippen LogP contribution in [0.5, 0.6) is 5.75 Å². The Morgan fingerprint density at radius 3 is 2.15 bits per heavy atom. The Labute approximate surface area is 189 Å². The first-order valence-corrected chi connectivity index (χ1v) is 11.6. The highest BCUT2D eigenvalue weighted by Gasteiger charge is 2.32. The first kappa shape index (κ1) is 24.9. The maximum absolute atomic E-state index is 12.9. The molecule has 180 valence electrons. The Balaban J connectivity index is 1.44. The molecule has 1 N–H and O–H groups in total. The molecular weight excluding hydrogens is 466 g/mol. The maximum atomic E-state index is 12.9. The quantitative estimate of drug-likeness (QED) is 0.577. The van der Waals surface area contributed by atoms with E-state index in [2.05, 4.69) is 10.1 Å². The van der Waals surface area contributed by atoms with Crippen LogP contribution in [0.3, 0.4) is 0 Å². The number of hydrogen-bond acceptors (Lipinski definition) is 5. The molecule has 0 aliphatic carbocycles. The van der Waals surface area contributed by atoms with E-state index in [1.807, 2.05) is 4.90 Å². The van der Waals surface area contributed by atoms with Gasteiger partial charge in [-0.2, -0.15) is 4.31 Å². The molecule has 7 nitrogen and oxygen atoms in total. The zero-order valence-corrected chi connectivity index (χ0v) is 18.3. The summed E-state index contributed by atoms with van der Waals surface area (Å²) in [7, 11) is -3.88. The van der Waals surface area contributed by atoms with Crippen molar-refractivity contribution in [2.24, 2.45) is 0 Å². The Bertz CT molecular complexity index is 1040. The zero-order chi connectivity index (χ0) is 24.1. The van der Waals surface area contributed by atoms with Crippen LogP contribution in [0.2, 0.25) is 0 Å². The van der Waals surface area contributed by atoms with Gasteiger partial charge in [0.15, 0.2) is 0 Å². The van der Waals surface area contributed by atoms with Crippen molar-refractivity contribution in [1.82, 2.24) is 14.5 Å². The van der Waals surface area contributed by atoms with Crippen molar-refractivity contribution >= 4 is 15.9 Å². The molecule has 1 amide bonds. The Morgan fingerprint density at radius 2 is 1.58 bits per heavy atom. The van der Waals surface area contributed by atoms with E-state index in [0.717, 1.165) is 29.8 Å². The minimum Gasteiger partial charge on any atom is -0.406 e. The lowest BCUT2D eigenvalue weighted by molar-refractivity contribution is -0.274. The number of carbonyl (C=O) groups excluding carboxylic acids is 1. The number of nitrogens with one attached hydrogen (secondary N) is 1. The number of carbonyl (C=O) groups is 1. The van der Waals surface area contributed by atoms with Gasteiger partial charge in [-0.05, 0) is 48.4 Å². The van der Waals surface area contributed by atoms with Gasteiger partial charge in [-0.3, -0.25) is 9.69 Å². The van der Waals surface area contributed by atoms with Gasteiger partial charge in [0.05, 0.1) is 11.4 Å². The van der Waals surface area contributed by atoms with Crippen molar-refractivity contribution in [2.45, 2.75) is 17.7 Å². The summed E-state index contributed by atoms with van der Waals surface area (Å²) in [5, 5.41) is 2.78. The predicted octanol–water partition coefficient (Wildman–Crippen LogP) is 2.39. The maximum Gasteiger partial charge on any atom is 0.573 e. The van der Waals surface area contributed by atoms with E-state index >= 15 is 0 Å². The van der Waals surface area contributed by atoms with E-state index in [4.69, 9.17) is 0 Å². The third kappa shape index (κ3) is 7.41. The van der Waals surface area contributed by atoms with Gasteiger partial charge in [0.1, 0.15) is 11.6 Å². The third-order valence-corrected chi connectivity index (χ3v) is 6.96. The molecule has 3 rings (SSSR count). The van der Waals surface area contributed by atoms with Crippen molar-refractivity contribution < 1.29 is 35.5 Å². The number of ether oxygens (including phenoxy) is 1. The number of hydrogen-bond donors (Lipinski definition) is 1. The number of halogens is 4. The summed E-state index contributed by atoms with van der Waals surface area (Å²) in [5.41, 5.74) is 0.897. The number of alkyl halides is 3. The van der Waals surface area contributed by atoms with Crippen LogP contribution < -0.4 is 10.1 Å². The van der Waals surface area contributed by atoms with E-state index in [1.165, 1.54) is 16.4 Å². The lowest BCUT2D eigenvalue weighted by Crippen LogP contribution is -2.51. The number of sulfonamides is 1. The molecule has 0 atom stereocenters. The molecule has 1 heterocycles. The molecule has 2 aromatic carbocycles. The fourth-order valence-corrected chi connectivity index (χ4v) is 4.77. The molecular formula is C21H23F4N3O4S. The van der Waals surface area contributed by atoms with Gasteiger partial charge in [0.25, 0.3) is 0 Å². The molecule has 1 aliphatic heterocycles. The number of nitrogens with zero attached hydrogens (tertiary/aromatic N) is 2. The molecule has 1 saturated heterocycles. The second-order valence-corrected chi connectivity index (χ2v) is 9.36. The van der Waals surface area contributed by atoms with Gasteiger partial charge in [-0.25, -0.2) is 12.8 Å². The van der Waals surface area contributed by atoms with E-state index in [0.29, 0.717) is 26.1 Å². The van der Waals surface area contributed by atoms with Gasteiger partial charge in [-0.15, -0.1) is 13.2 Å². The molecule has 33 heavy (non-hydrogen) atoms. The highest BCUT2D eigenvalue weighted by Crippen LogP contribution is 2.25. The number of benzene rings is 2. The number of amides is 1. The minimum atomic E-state index is -4.86. The lowest BCUT2D eigenvalue weighted by atomic mass is 10.1. The largest absolute Gasteiger partial charge is 0.573 e. The minimum absolute atomic E-state index is 0.112. The highest BCUT2D eigenvalue weighted by molar-refractivity contribution is 7.89. The van der Waals surface area contributed by atoms with Crippen LogP contribution in [0, 0.1) is 5.82 Å². The highest BCUT2D eigenvalue weighted by atomic mass is 32.2. The first-order valence-electron chi connectivity index (χ1n) is 10.1. The summed E-state index contributed by atoms with van der Waals surface area (Å²) in [6.45, 7) is 1.46. The van der Waals surface area contributed by atoms with Gasteiger partial charge in [-0.1, -0.05) is 12.1 Å². The van der Waals surface area contributed by atoms with Crippen molar-refractivity contribution in [3.05, 3.63) is 59.9 Å². The van der Waals surface area contributed by atoms with Crippen LogP contribution >= 0.6 is 0 Å². The predicted molar refractivity (Wildman–Crippen MR) is 111 cm³/mol. The molecule has 0 bridgehead atoms. The van der Waals surface area contributed by atoms with Crippen LogP contribution in [0.1, 0.15) is 5.56 Å². The Hall–Kier alpha value is -2.70. The molecule has 0 spiro atoms. The molecule has 1 fully saturated rings. The van der Waals surface area contributed by atoms with Crippen LogP contribution in [0.25, 0.3) is 0 Å². The first-order chi connectivity index (χ1) is 15.5. The van der Waals surface area contributed by atoms with E-state index < -0.39 is 22.1 Å². The summed E-state index contributed by atoms with van der Waals surface area (Å²) < 4.78 is 80.2. The smallest absolute Gasteiger partial charge is 0.406 e. The fraction of sp³-hybridized carbons (Fsp3) is 0.381. The van der Waals surface area contributed by atoms with Crippen molar-refractivity contribution in [3.8, 4) is 5.75 Å². The summed E-state index contributed by atoms with van der Waals surface area (Å²) in [4.78, 5) is 13.8. The normalized spacial score (nSPS) is 15.9. The number of rotatable bonds is 8. The van der Waals surface area contributed by atoms with Gasteiger partial charge >= 0.3 is 6.36 Å². The summed E-state index contributed by atoms with van der Waals surface area (Å²) >= 11 is 0. The summed E-state index contributed by atoms with van der Waals surface area (Å²) in [6.07, 6.45) is -4.30. The monoisotopic (exact) mass is 489 g/mol.